The Labute approximate surface area is 113 Å². The van der Waals surface area contributed by atoms with E-state index in [2.05, 4.69) is 17.1 Å². The minimum atomic E-state index is -0.109. The van der Waals surface area contributed by atoms with Crippen molar-refractivity contribution in [2.75, 3.05) is 25.4 Å². The fraction of sp³-hybridized carbons (Fsp3) is 0.692. The average molecular weight is 266 g/mol. The van der Waals surface area contributed by atoms with Gasteiger partial charge in [0.05, 0.1) is 24.1 Å². The van der Waals surface area contributed by atoms with Crippen LogP contribution in [-0.2, 0) is 4.74 Å². The number of nitrogens with zero attached hydrogens (tertiary/aromatic N) is 2. The Bertz CT molecular complexity index is 455. The monoisotopic (exact) mass is 266 g/mol. The lowest BCUT2D eigenvalue weighted by Crippen LogP contribution is -2.45. The average Bonchev–Trinajstić information content (AvgIpc) is 2.80. The lowest BCUT2D eigenvalue weighted by atomic mass is 10.1. The van der Waals surface area contributed by atoms with Crippen LogP contribution in [0.2, 0.25) is 0 Å². The summed E-state index contributed by atoms with van der Waals surface area (Å²) in [6.45, 7) is 7.86. The van der Waals surface area contributed by atoms with Crippen molar-refractivity contribution in [2.45, 2.75) is 39.2 Å². The molecule has 1 aliphatic heterocycles. The van der Waals surface area contributed by atoms with Crippen LogP contribution in [0.4, 0.5) is 5.69 Å². The van der Waals surface area contributed by atoms with Crippen LogP contribution < -0.4 is 5.73 Å². The number of carbonyl (C=O) groups is 1. The molecule has 19 heavy (non-hydrogen) atoms. The molecule has 1 saturated heterocycles. The first-order chi connectivity index (χ1) is 9.04. The maximum atomic E-state index is 12.4. The molecule has 1 unspecified atom stereocenters. The lowest BCUT2D eigenvalue weighted by Gasteiger charge is -2.32. The van der Waals surface area contributed by atoms with Gasteiger partial charge in [0.2, 0.25) is 0 Å². The van der Waals surface area contributed by atoms with E-state index in [1.807, 2.05) is 13.8 Å². The summed E-state index contributed by atoms with van der Waals surface area (Å²) in [6, 6.07) is 0. The molecule has 2 rings (SSSR count). The number of hydrogen-bond acceptors (Lipinski definition) is 4. The van der Waals surface area contributed by atoms with E-state index in [-0.39, 0.29) is 17.9 Å². The standard InChI is InChI=1S/C13H22N4O2/c1-4-9-7-17(5-6-19-9)13(18)12-10(14)11(8(2)3)15-16-12/h8-9H,4-7,14H2,1-3H3,(H,15,16). The number of anilines is 1. The highest BCUT2D eigenvalue weighted by atomic mass is 16.5. The van der Waals surface area contributed by atoms with Gasteiger partial charge >= 0.3 is 0 Å². The Morgan fingerprint density at radius 3 is 2.95 bits per heavy atom. The Balaban J connectivity index is 2.15. The molecule has 0 aromatic carbocycles. The fourth-order valence-electron chi connectivity index (χ4n) is 2.27. The zero-order chi connectivity index (χ0) is 14.0. The molecular weight excluding hydrogens is 244 g/mol. The van der Waals surface area contributed by atoms with Gasteiger partial charge < -0.3 is 15.4 Å². The summed E-state index contributed by atoms with van der Waals surface area (Å²) >= 11 is 0. The number of morpholine rings is 1. The summed E-state index contributed by atoms with van der Waals surface area (Å²) in [5.74, 6) is 0.115. The number of amides is 1. The summed E-state index contributed by atoms with van der Waals surface area (Å²) in [5, 5.41) is 6.95. The second-order valence-corrected chi connectivity index (χ2v) is 5.21. The van der Waals surface area contributed by atoms with Gasteiger partial charge in [-0.05, 0) is 12.3 Å². The second-order valence-electron chi connectivity index (χ2n) is 5.21. The molecule has 1 aliphatic rings. The van der Waals surface area contributed by atoms with Gasteiger partial charge in [-0.15, -0.1) is 0 Å². The normalized spacial score (nSPS) is 20.0. The van der Waals surface area contributed by atoms with Gasteiger partial charge in [-0.2, -0.15) is 5.10 Å². The number of hydrogen-bond donors (Lipinski definition) is 2. The third-order valence-electron chi connectivity index (χ3n) is 3.49. The lowest BCUT2D eigenvalue weighted by molar-refractivity contribution is -0.0227. The minimum absolute atomic E-state index is 0.109. The van der Waals surface area contributed by atoms with Gasteiger partial charge in [0.15, 0.2) is 5.69 Å². The van der Waals surface area contributed by atoms with Crippen molar-refractivity contribution in [3.8, 4) is 0 Å². The number of ether oxygens (including phenoxy) is 1. The predicted octanol–water partition coefficient (Wildman–Crippen LogP) is 1.37. The van der Waals surface area contributed by atoms with Crippen LogP contribution in [0.15, 0.2) is 0 Å². The molecule has 0 saturated carbocycles. The molecule has 1 atom stereocenters. The van der Waals surface area contributed by atoms with Crippen LogP contribution in [0, 0.1) is 0 Å². The minimum Gasteiger partial charge on any atom is -0.395 e. The topological polar surface area (TPSA) is 84.2 Å². The number of H-pyrrole nitrogens is 1. The third kappa shape index (κ3) is 2.73. The van der Waals surface area contributed by atoms with Crippen LogP contribution in [-0.4, -0.2) is 46.8 Å². The van der Waals surface area contributed by atoms with E-state index in [4.69, 9.17) is 10.5 Å². The smallest absolute Gasteiger partial charge is 0.276 e. The van der Waals surface area contributed by atoms with E-state index < -0.39 is 0 Å². The first kappa shape index (κ1) is 13.9. The van der Waals surface area contributed by atoms with Crippen LogP contribution in [0.5, 0.6) is 0 Å². The molecular formula is C13H22N4O2. The maximum absolute atomic E-state index is 12.4. The van der Waals surface area contributed by atoms with E-state index in [1.165, 1.54) is 0 Å². The van der Waals surface area contributed by atoms with Gasteiger partial charge in [-0.3, -0.25) is 9.89 Å². The largest absolute Gasteiger partial charge is 0.395 e. The van der Waals surface area contributed by atoms with Gasteiger partial charge in [0, 0.05) is 13.1 Å². The molecule has 0 radical (unpaired) electrons. The SMILES string of the molecule is CCC1CN(C(=O)c2n[nH]c(C(C)C)c2N)CCO1. The molecule has 0 bridgehead atoms. The van der Waals surface area contributed by atoms with Crippen molar-refractivity contribution in [3.63, 3.8) is 0 Å². The number of aromatic amines is 1. The predicted molar refractivity (Wildman–Crippen MR) is 73.0 cm³/mol. The first-order valence-electron chi connectivity index (χ1n) is 6.79. The number of carbonyl (C=O) groups excluding carboxylic acids is 1. The van der Waals surface area contributed by atoms with Crippen molar-refractivity contribution in [3.05, 3.63) is 11.4 Å². The molecule has 1 aromatic heterocycles. The van der Waals surface area contributed by atoms with Crippen LogP contribution in [0.25, 0.3) is 0 Å². The van der Waals surface area contributed by atoms with E-state index in [0.717, 1.165) is 12.1 Å². The second kappa shape index (κ2) is 5.61. The number of rotatable bonds is 3. The summed E-state index contributed by atoms with van der Waals surface area (Å²) in [6.07, 6.45) is 1.01. The van der Waals surface area contributed by atoms with E-state index >= 15 is 0 Å². The zero-order valence-electron chi connectivity index (χ0n) is 11.8. The molecule has 0 aliphatic carbocycles. The Morgan fingerprint density at radius 1 is 1.63 bits per heavy atom. The van der Waals surface area contributed by atoms with Gasteiger partial charge in [-0.1, -0.05) is 20.8 Å². The molecule has 1 fully saturated rings. The van der Waals surface area contributed by atoms with Crippen molar-refractivity contribution >= 4 is 11.6 Å². The molecule has 1 aromatic rings. The number of nitrogens with two attached hydrogens (primary N) is 1. The van der Waals surface area contributed by atoms with Gasteiger partial charge in [-0.25, -0.2) is 0 Å². The molecule has 2 heterocycles. The van der Waals surface area contributed by atoms with Crippen LogP contribution >= 0.6 is 0 Å². The first-order valence-corrected chi connectivity index (χ1v) is 6.79. The Kier molecular flexibility index (Phi) is 4.09. The van der Waals surface area contributed by atoms with E-state index in [0.29, 0.717) is 31.1 Å². The number of nitrogen functional groups attached to an aromatic ring is 1. The van der Waals surface area contributed by atoms with Gasteiger partial charge in [0.1, 0.15) is 0 Å². The summed E-state index contributed by atoms with van der Waals surface area (Å²) in [7, 11) is 0. The van der Waals surface area contributed by atoms with Crippen LogP contribution in [0.3, 0.4) is 0 Å². The van der Waals surface area contributed by atoms with Crippen molar-refractivity contribution in [1.82, 2.24) is 15.1 Å². The molecule has 106 valence electrons. The number of nitrogens with one attached hydrogen (secondary N) is 1. The molecule has 3 N–H and O–H groups in total. The molecule has 1 amide bonds. The van der Waals surface area contributed by atoms with E-state index in [1.54, 1.807) is 4.90 Å². The number of aromatic nitrogens is 2. The Hall–Kier alpha value is -1.56. The molecule has 6 heteroatoms. The fourth-order valence-corrected chi connectivity index (χ4v) is 2.27. The van der Waals surface area contributed by atoms with Crippen molar-refractivity contribution in [2.24, 2.45) is 0 Å². The summed E-state index contributed by atoms with van der Waals surface area (Å²) < 4.78 is 5.56. The molecule has 6 nitrogen and oxygen atoms in total. The summed E-state index contributed by atoms with van der Waals surface area (Å²) in [5.41, 5.74) is 7.63. The third-order valence-corrected chi connectivity index (χ3v) is 3.49. The highest BCUT2D eigenvalue weighted by Gasteiger charge is 2.28. The zero-order valence-corrected chi connectivity index (χ0v) is 11.8. The van der Waals surface area contributed by atoms with E-state index in [9.17, 15) is 4.79 Å². The highest BCUT2D eigenvalue weighted by molar-refractivity contribution is 5.97. The highest BCUT2D eigenvalue weighted by Crippen LogP contribution is 2.23. The van der Waals surface area contributed by atoms with Crippen molar-refractivity contribution in [1.29, 1.82) is 0 Å². The quantitative estimate of drug-likeness (QED) is 0.865. The van der Waals surface area contributed by atoms with Crippen molar-refractivity contribution < 1.29 is 9.53 Å². The Morgan fingerprint density at radius 2 is 2.37 bits per heavy atom. The molecule has 0 spiro atoms. The summed E-state index contributed by atoms with van der Waals surface area (Å²) in [4.78, 5) is 14.2. The van der Waals surface area contributed by atoms with Crippen LogP contribution in [0.1, 0.15) is 49.3 Å². The van der Waals surface area contributed by atoms with Gasteiger partial charge in [0.25, 0.3) is 5.91 Å². The maximum Gasteiger partial charge on any atom is 0.276 e.